The van der Waals surface area contributed by atoms with Crippen molar-refractivity contribution >= 4 is 15.2 Å². The van der Waals surface area contributed by atoms with E-state index in [0.717, 1.165) is 63.6 Å². The van der Waals surface area contributed by atoms with Crippen LogP contribution in [-0.4, -0.2) is 39.1 Å². The first-order chi connectivity index (χ1) is 18.8. The Hall–Kier alpha value is 0.340. The standard InChI is InChI=1S/C37H56P2/c1-34(5-3-4-6-35(34,2)39-22-31-13-32(23-39)15-33(14-31)24-39)38(36-16-25-7-26(17-36)9-27(8-25)18-36)37-19-28-10-29(20-37)12-30(11-28)21-37/h3-6,25-33,39H,7-24H2,1-2H3. The molecule has 0 aromatic heterocycles. The van der Waals surface area contributed by atoms with Crippen LogP contribution in [0, 0.1) is 53.3 Å². The Morgan fingerprint density at radius 1 is 0.487 bits per heavy atom. The number of rotatable bonds is 4. The molecule has 10 aliphatic carbocycles. The number of hydrogen-bond donors (Lipinski definition) is 0. The molecule has 12 bridgehead atoms. The third-order valence-corrected chi connectivity index (χ3v) is 28.3. The Bertz CT molecular complexity index is 978. The van der Waals surface area contributed by atoms with Crippen molar-refractivity contribution in [1.29, 1.82) is 0 Å². The zero-order valence-electron chi connectivity index (χ0n) is 25.2. The van der Waals surface area contributed by atoms with E-state index in [0.29, 0.717) is 10.3 Å². The fourth-order valence-corrected chi connectivity index (χ4v) is 31.9. The Labute approximate surface area is 241 Å². The summed E-state index contributed by atoms with van der Waals surface area (Å²) in [5, 5.41) is 2.42. The van der Waals surface area contributed by atoms with Crippen LogP contribution in [0.5, 0.6) is 0 Å². The Balaban J connectivity index is 1.17. The van der Waals surface area contributed by atoms with Crippen molar-refractivity contribution in [2.24, 2.45) is 53.3 Å². The Kier molecular flexibility index (Phi) is 5.00. The van der Waals surface area contributed by atoms with Crippen LogP contribution < -0.4 is 0 Å². The van der Waals surface area contributed by atoms with E-state index in [9.17, 15) is 0 Å². The average Bonchev–Trinajstić information content (AvgIpc) is 2.83. The Morgan fingerprint density at radius 2 is 0.821 bits per heavy atom. The minimum absolute atomic E-state index is 0.0523. The monoisotopic (exact) mass is 562 g/mol. The van der Waals surface area contributed by atoms with E-state index >= 15 is 0 Å². The van der Waals surface area contributed by atoms with Crippen LogP contribution >= 0.6 is 15.2 Å². The first kappa shape index (κ1) is 24.7. The van der Waals surface area contributed by atoms with E-state index < -0.39 is 7.26 Å². The van der Waals surface area contributed by atoms with Crippen molar-refractivity contribution in [3.63, 3.8) is 0 Å². The Morgan fingerprint density at radius 3 is 1.21 bits per heavy atom. The first-order valence-corrected chi connectivity index (χ1v) is 21.9. The van der Waals surface area contributed by atoms with Crippen LogP contribution in [0.25, 0.3) is 0 Å². The van der Waals surface area contributed by atoms with Crippen LogP contribution in [0.1, 0.15) is 110 Å². The van der Waals surface area contributed by atoms with Gasteiger partial charge in [0.05, 0.1) is 0 Å². The predicted molar refractivity (Wildman–Crippen MR) is 171 cm³/mol. The molecule has 3 saturated heterocycles. The van der Waals surface area contributed by atoms with Gasteiger partial charge in [-0.15, -0.1) is 0 Å². The summed E-state index contributed by atoms with van der Waals surface area (Å²) in [6.07, 6.45) is 40.9. The van der Waals surface area contributed by atoms with Gasteiger partial charge in [0.25, 0.3) is 0 Å². The van der Waals surface area contributed by atoms with Gasteiger partial charge in [0.1, 0.15) is 0 Å². The molecule has 2 unspecified atom stereocenters. The van der Waals surface area contributed by atoms with E-state index in [2.05, 4.69) is 38.2 Å². The van der Waals surface area contributed by atoms with Crippen molar-refractivity contribution in [2.45, 2.75) is 131 Å². The molecule has 13 rings (SSSR count). The summed E-state index contributed by atoms with van der Waals surface area (Å²) in [7, 11) is -1.47. The summed E-state index contributed by atoms with van der Waals surface area (Å²) in [4.78, 5) is 0. The van der Waals surface area contributed by atoms with Gasteiger partial charge in [-0.05, 0) is 0 Å². The van der Waals surface area contributed by atoms with E-state index in [1.54, 1.807) is 115 Å². The number of hydrogen-bond acceptors (Lipinski definition) is 0. The molecule has 2 atom stereocenters. The summed E-state index contributed by atoms with van der Waals surface area (Å²) < 4.78 is 0. The summed E-state index contributed by atoms with van der Waals surface area (Å²) >= 11 is 0. The molecular weight excluding hydrogens is 506 g/mol. The average molecular weight is 563 g/mol. The fourth-order valence-electron chi connectivity index (χ4n) is 16.8. The SMILES string of the molecule is CC1(P(C23CC4CC(CC(C4)C2)C3)C23CC4CC(CC(C4)C2)C3)C=CC=CC1(C)[PH]12CC3CC(CC(C3)C1)C2. The molecule has 0 nitrogen and oxygen atoms in total. The van der Waals surface area contributed by atoms with Crippen LogP contribution in [0.15, 0.2) is 24.3 Å². The molecule has 0 N–H and O–H groups in total. The fraction of sp³-hybridized carbons (Fsp3) is 0.892. The minimum atomic E-state index is -1.42. The van der Waals surface area contributed by atoms with E-state index in [4.69, 9.17) is 0 Å². The van der Waals surface area contributed by atoms with Gasteiger partial charge in [0.15, 0.2) is 0 Å². The normalized spacial score (nSPS) is 62.2. The van der Waals surface area contributed by atoms with Gasteiger partial charge in [-0.25, -0.2) is 0 Å². The molecule has 0 spiro atoms. The summed E-state index contributed by atoms with van der Waals surface area (Å²) in [6.45, 7) is 5.95. The molecule has 0 amide bonds. The number of allylic oxidation sites excluding steroid dienone is 4. The van der Waals surface area contributed by atoms with E-state index in [1.165, 1.54) is 0 Å². The second-order valence-electron chi connectivity index (χ2n) is 18.9. The van der Waals surface area contributed by atoms with Gasteiger partial charge >= 0.3 is 242 Å². The molecule has 214 valence electrons. The molecule has 3 aliphatic heterocycles. The van der Waals surface area contributed by atoms with Crippen molar-refractivity contribution < 1.29 is 0 Å². The van der Waals surface area contributed by atoms with Gasteiger partial charge in [0.2, 0.25) is 0 Å². The van der Waals surface area contributed by atoms with E-state index in [1.807, 2.05) is 0 Å². The van der Waals surface area contributed by atoms with Crippen LogP contribution in [0.2, 0.25) is 0 Å². The zero-order valence-corrected chi connectivity index (χ0v) is 27.1. The molecule has 0 radical (unpaired) electrons. The molecule has 3 heterocycles. The zero-order chi connectivity index (χ0) is 25.8. The third-order valence-electron chi connectivity index (χ3n) is 16.6. The van der Waals surface area contributed by atoms with E-state index in [-0.39, 0.29) is 7.92 Å². The molecule has 0 aromatic carbocycles. The van der Waals surface area contributed by atoms with Crippen molar-refractivity contribution in [3.05, 3.63) is 24.3 Å². The van der Waals surface area contributed by atoms with Gasteiger partial charge in [-0.1, -0.05) is 0 Å². The quantitative estimate of drug-likeness (QED) is 0.299. The molecule has 39 heavy (non-hydrogen) atoms. The molecule has 2 heteroatoms. The van der Waals surface area contributed by atoms with Gasteiger partial charge in [-0.3, -0.25) is 0 Å². The van der Waals surface area contributed by atoms with Crippen LogP contribution in [-0.2, 0) is 0 Å². The summed E-state index contributed by atoms with van der Waals surface area (Å²) in [5.41, 5.74) is 0. The third kappa shape index (κ3) is 3.17. The maximum absolute atomic E-state index is 2.99. The van der Waals surface area contributed by atoms with Gasteiger partial charge < -0.3 is 0 Å². The van der Waals surface area contributed by atoms with Gasteiger partial charge in [-0.2, -0.15) is 0 Å². The molecule has 9 saturated carbocycles. The summed E-state index contributed by atoms with van der Waals surface area (Å²) in [5.74, 6) is 9.97. The van der Waals surface area contributed by atoms with Gasteiger partial charge in [0, 0.05) is 0 Å². The van der Waals surface area contributed by atoms with Crippen molar-refractivity contribution in [3.8, 4) is 0 Å². The van der Waals surface area contributed by atoms with Crippen LogP contribution in [0.4, 0.5) is 0 Å². The molecule has 12 fully saturated rings. The maximum atomic E-state index is 2.99. The second-order valence-corrected chi connectivity index (χ2v) is 27.2. The second kappa shape index (κ2) is 7.88. The van der Waals surface area contributed by atoms with Crippen LogP contribution in [0.3, 0.4) is 0 Å². The molecule has 13 aliphatic rings. The molecular formula is C37H56P2. The summed E-state index contributed by atoms with van der Waals surface area (Å²) in [6, 6.07) is 0. The van der Waals surface area contributed by atoms with Crippen molar-refractivity contribution in [2.75, 3.05) is 18.5 Å². The van der Waals surface area contributed by atoms with Crippen molar-refractivity contribution in [1.82, 2.24) is 0 Å². The topological polar surface area (TPSA) is 0 Å². The molecule has 0 aromatic rings. The first-order valence-electron chi connectivity index (χ1n) is 18.0. The predicted octanol–water partition coefficient (Wildman–Crippen LogP) is 9.86.